The minimum Gasteiger partial charge on any atom is -0.481 e. The van der Waals surface area contributed by atoms with Gasteiger partial charge in [-0.05, 0) is 54.9 Å². The van der Waals surface area contributed by atoms with Crippen LogP contribution in [0.15, 0.2) is 42.5 Å². The highest BCUT2D eigenvalue weighted by Gasteiger charge is 2.58. The van der Waals surface area contributed by atoms with Crippen LogP contribution in [-0.4, -0.2) is 23.0 Å². The topological polar surface area (TPSA) is 66.4 Å². The second kappa shape index (κ2) is 6.99. The Labute approximate surface area is 161 Å². The zero-order chi connectivity index (χ0) is 19.8. The molecule has 0 aromatic heterocycles. The lowest BCUT2D eigenvalue weighted by Gasteiger charge is -2.38. The van der Waals surface area contributed by atoms with Crippen molar-refractivity contribution in [2.45, 2.75) is 53.0 Å². The van der Waals surface area contributed by atoms with E-state index in [1.165, 1.54) is 16.3 Å². The van der Waals surface area contributed by atoms with Gasteiger partial charge in [-0.1, -0.05) is 56.3 Å². The summed E-state index contributed by atoms with van der Waals surface area (Å²) in [5.74, 6) is -1.12. The smallest absolute Gasteiger partial charge is 0.309 e. The highest BCUT2D eigenvalue weighted by atomic mass is 16.4. The van der Waals surface area contributed by atoms with Gasteiger partial charge in [0.15, 0.2) is 0 Å². The Bertz CT molecular complexity index is 873. The first-order chi connectivity index (χ1) is 12.6. The summed E-state index contributed by atoms with van der Waals surface area (Å²) in [5.41, 5.74) is -0.259. The summed E-state index contributed by atoms with van der Waals surface area (Å²) in [7, 11) is 0. The summed E-state index contributed by atoms with van der Waals surface area (Å²) in [6.07, 6.45) is 1.90. The number of benzene rings is 2. The molecule has 1 saturated carbocycles. The Morgan fingerprint density at radius 1 is 1.15 bits per heavy atom. The van der Waals surface area contributed by atoms with E-state index in [-0.39, 0.29) is 17.9 Å². The number of carbonyl (C=O) groups is 2. The third kappa shape index (κ3) is 3.45. The molecule has 2 aromatic rings. The Balaban J connectivity index is 1.67. The molecule has 0 radical (unpaired) electrons. The summed E-state index contributed by atoms with van der Waals surface area (Å²) < 4.78 is 0. The third-order valence-electron chi connectivity index (χ3n) is 6.76. The first-order valence-electron chi connectivity index (χ1n) is 9.66. The fourth-order valence-electron chi connectivity index (χ4n) is 4.46. The third-order valence-corrected chi connectivity index (χ3v) is 6.76. The van der Waals surface area contributed by atoms with Gasteiger partial charge in [-0.15, -0.1) is 0 Å². The van der Waals surface area contributed by atoms with E-state index < -0.39 is 16.8 Å². The highest BCUT2D eigenvalue weighted by molar-refractivity contribution is 5.84. The average Bonchev–Trinajstić information content (AvgIpc) is 2.85. The van der Waals surface area contributed by atoms with Crippen LogP contribution in [0.5, 0.6) is 0 Å². The minimum atomic E-state index is -0.864. The predicted octanol–water partition coefficient (Wildman–Crippen LogP) is 4.41. The van der Waals surface area contributed by atoms with E-state index in [9.17, 15) is 14.7 Å². The van der Waals surface area contributed by atoms with Crippen LogP contribution in [0.1, 0.15) is 46.1 Å². The largest absolute Gasteiger partial charge is 0.481 e. The van der Waals surface area contributed by atoms with Crippen molar-refractivity contribution in [1.29, 1.82) is 0 Å². The van der Waals surface area contributed by atoms with Gasteiger partial charge >= 0.3 is 5.97 Å². The van der Waals surface area contributed by atoms with Crippen molar-refractivity contribution >= 4 is 22.6 Å². The number of hydrogen-bond donors (Lipinski definition) is 2. The number of carboxylic acids is 1. The van der Waals surface area contributed by atoms with Gasteiger partial charge in [-0.2, -0.15) is 0 Å². The molecule has 1 aliphatic rings. The van der Waals surface area contributed by atoms with Crippen molar-refractivity contribution in [2.24, 2.45) is 16.7 Å². The van der Waals surface area contributed by atoms with Gasteiger partial charge in [0.25, 0.3) is 0 Å². The predicted molar refractivity (Wildman–Crippen MR) is 108 cm³/mol. The number of aliphatic carboxylic acids is 1. The summed E-state index contributed by atoms with van der Waals surface area (Å²) >= 11 is 0. The molecule has 2 N–H and O–H groups in total. The molecule has 1 fully saturated rings. The maximum absolute atomic E-state index is 12.9. The normalized spacial score (nSPS) is 25.3. The van der Waals surface area contributed by atoms with Crippen LogP contribution in [0.4, 0.5) is 0 Å². The first kappa shape index (κ1) is 19.4. The van der Waals surface area contributed by atoms with Crippen molar-refractivity contribution in [3.05, 3.63) is 48.0 Å². The van der Waals surface area contributed by atoms with Gasteiger partial charge < -0.3 is 10.4 Å². The average molecular weight is 367 g/mol. The van der Waals surface area contributed by atoms with Crippen molar-refractivity contribution in [3.8, 4) is 0 Å². The van der Waals surface area contributed by atoms with Crippen LogP contribution < -0.4 is 5.32 Å². The maximum Gasteiger partial charge on any atom is 0.309 e. The van der Waals surface area contributed by atoms with Crippen molar-refractivity contribution in [2.75, 3.05) is 0 Å². The number of rotatable bonds is 5. The van der Waals surface area contributed by atoms with Gasteiger partial charge in [0.2, 0.25) is 5.91 Å². The van der Waals surface area contributed by atoms with Crippen LogP contribution in [0.3, 0.4) is 0 Å². The van der Waals surface area contributed by atoms with E-state index in [1.807, 2.05) is 32.9 Å². The molecule has 144 valence electrons. The van der Waals surface area contributed by atoms with Gasteiger partial charge in [0.1, 0.15) is 0 Å². The van der Waals surface area contributed by atoms with Crippen LogP contribution in [0.25, 0.3) is 10.8 Å². The quantitative estimate of drug-likeness (QED) is 0.822. The Morgan fingerprint density at radius 3 is 2.44 bits per heavy atom. The monoisotopic (exact) mass is 367 g/mol. The van der Waals surface area contributed by atoms with Gasteiger partial charge in [-0.3, -0.25) is 9.59 Å². The minimum absolute atomic E-state index is 0.00820. The summed E-state index contributed by atoms with van der Waals surface area (Å²) in [6, 6.07) is 14.6. The lowest BCUT2D eigenvalue weighted by atomic mass is 9.65. The molecule has 3 atom stereocenters. The maximum atomic E-state index is 12.9. The zero-order valence-corrected chi connectivity index (χ0v) is 16.6. The van der Waals surface area contributed by atoms with Crippen molar-refractivity contribution < 1.29 is 14.7 Å². The molecule has 0 heterocycles. The fraction of sp³-hybridized carbons (Fsp3) is 0.478. The molecule has 0 aliphatic heterocycles. The number of carboxylic acid groups (broad SMARTS) is 1. The molecule has 4 nitrogen and oxygen atoms in total. The van der Waals surface area contributed by atoms with Crippen molar-refractivity contribution in [3.63, 3.8) is 0 Å². The second-order valence-electron chi connectivity index (χ2n) is 8.75. The molecule has 2 aromatic carbocycles. The molecule has 0 bridgehead atoms. The number of carbonyl (C=O) groups excluding carboxylic acids is 1. The van der Waals surface area contributed by atoms with E-state index in [0.717, 1.165) is 6.42 Å². The van der Waals surface area contributed by atoms with E-state index >= 15 is 0 Å². The molecule has 3 rings (SSSR count). The van der Waals surface area contributed by atoms with E-state index in [1.54, 1.807) is 6.92 Å². The Morgan fingerprint density at radius 2 is 1.81 bits per heavy atom. The van der Waals surface area contributed by atoms with Gasteiger partial charge in [0, 0.05) is 12.0 Å². The van der Waals surface area contributed by atoms with E-state index in [0.29, 0.717) is 12.8 Å². The Kier molecular flexibility index (Phi) is 5.02. The molecule has 0 saturated heterocycles. The lowest BCUT2D eigenvalue weighted by Crippen LogP contribution is -2.47. The molecule has 1 aliphatic carbocycles. The summed E-state index contributed by atoms with van der Waals surface area (Å²) in [5, 5.41) is 15.2. The lowest BCUT2D eigenvalue weighted by molar-refractivity contribution is -0.155. The zero-order valence-electron chi connectivity index (χ0n) is 16.6. The molecule has 4 heteroatoms. The second-order valence-corrected chi connectivity index (χ2v) is 8.75. The van der Waals surface area contributed by atoms with Gasteiger partial charge in [-0.25, -0.2) is 0 Å². The molecule has 27 heavy (non-hydrogen) atoms. The standard InChI is InChI=1S/C23H29NO3/c1-15(13-16-9-10-17-7-5-6-8-18(17)14-16)24-20(25)19-11-12-23(4,21(26)27)22(19,2)3/h5-10,14-15,19H,11-13H2,1-4H3,(H,24,25)(H,26,27)/t15-,19-,23+/m1/s1. The molecule has 1 amide bonds. The molecule has 0 unspecified atom stereocenters. The molecular formula is C23H29NO3. The molecule has 0 spiro atoms. The SMILES string of the molecule is C[C@H](Cc1ccc2ccccc2c1)NC(=O)[C@H]1CC[C@@](C)(C(=O)O)C1(C)C. The van der Waals surface area contributed by atoms with Crippen molar-refractivity contribution in [1.82, 2.24) is 5.32 Å². The highest BCUT2D eigenvalue weighted by Crippen LogP contribution is 2.56. The fourth-order valence-corrected chi connectivity index (χ4v) is 4.46. The number of hydrogen-bond acceptors (Lipinski definition) is 2. The van der Waals surface area contributed by atoms with E-state index in [2.05, 4.69) is 35.6 Å². The van der Waals surface area contributed by atoms with Crippen LogP contribution in [0.2, 0.25) is 0 Å². The Hall–Kier alpha value is -2.36. The summed E-state index contributed by atoms with van der Waals surface area (Å²) in [4.78, 5) is 24.6. The summed E-state index contributed by atoms with van der Waals surface area (Å²) in [6.45, 7) is 7.59. The van der Waals surface area contributed by atoms with Gasteiger partial charge in [0.05, 0.1) is 5.41 Å². The number of amides is 1. The molecular weight excluding hydrogens is 338 g/mol. The van der Waals surface area contributed by atoms with Crippen LogP contribution in [0, 0.1) is 16.7 Å². The number of nitrogens with one attached hydrogen (secondary N) is 1. The van der Waals surface area contributed by atoms with E-state index in [4.69, 9.17) is 0 Å². The van der Waals surface area contributed by atoms with Crippen LogP contribution in [-0.2, 0) is 16.0 Å². The first-order valence-corrected chi connectivity index (χ1v) is 9.66. The number of fused-ring (bicyclic) bond motifs is 1. The van der Waals surface area contributed by atoms with Crippen LogP contribution >= 0.6 is 0 Å².